The molecule has 21 heavy (non-hydrogen) atoms. The fourth-order valence-corrected chi connectivity index (χ4v) is 2.76. The number of pyridine rings is 1. The first-order valence-electron chi connectivity index (χ1n) is 7.07. The summed E-state index contributed by atoms with van der Waals surface area (Å²) >= 11 is 0. The van der Waals surface area contributed by atoms with Crippen LogP contribution in [0, 0.1) is 16.0 Å². The fraction of sp³-hybridized carbons (Fsp3) is 0.571. The maximum absolute atomic E-state index is 11.1. The van der Waals surface area contributed by atoms with Crippen LogP contribution in [-0.2, 0) is 0 Å². The molecule has 0 radical (unpaired) electrons. The monoisotopic (exact) mass is 294 g/mol. The molecule has 2 atom stereocenters. The van der Waals surface area contributed by atoms with E-state index in [9.17, 15) is 14.9 Å². The summed E-state index contributed by atoms with van der Waals surface area (Å²) in [6.45, 7) is 2.10. The smallest absolute Gasteiger partial charge is 0.342 e. The van der Waals surface area contributed by atoms with Crippen molar-refractivity contribution in [3.63, 3.8) is 0 Å². The molecule has 1 heterocycles. The standard InChI is InChI=1S/C14H18N2O5/c1-2-9-5-3-4-6-12(9)21-13-7-10(14(17)18)11(8-15-13)16(19)20/h7-9,12H,2-6H2,1H3,(H,17,18). The van der Waals surface area contributed by atoms with Crippen molar-refractivity contribution in [1.82, 2.24) is 4.98 Å². The summed E-state index contributed by atoms with van der Waals surface area (Å²) in [6, 6.07) is 1.14. The number of aromatic nitrogens is 1. The Labute approximate surface area is 122 Å². The van der Waals surface area contributed by atoms with Crippen LogP contribution in [0.1, 0.15) is 49.4 Å². The van der Waals surface area contributed by atoms with Gasteiger partial charge in [0.05, 0.1) is 4.92 Å². The molecule has 1 saturated carbocycles. The normalized spacial score (nSPS) is 21.8. The van der Waals surface area contributed by atoms with Gasteiger partial charge in [-0.2, -0.15) is 0 Å². The molecular formula is C14H18N2O5. The van der Waals surface area contributed by atoms with Crippen molar-refractivity contribution in [2.24, 2.45) is 5.92 Å². The minimum atomic E-state index is -1.36. The first-order chi connectivity index (χ1) is 10.0. The van der Waals surface area contributed by atoms with Crippen LogP contribution < -0.4 is 4.74 Å². The van der Waals surface area contributed by atoms with Gasteiger partial charge in [0.25, 0.3) is 0 Å². The first kappa shape index (κ1) is 15.2. The number of carbonyl (C=O) groups is 1. The molecule has 1 aliphatic carbocycles. The van der Waals surface area contributed by atoms with E-state index in [1.165, 1.54) is 6.42 Å². The van der Waals surface area contributed by atoms with Crippen LogP contribution in [0.15, 0.2) is 12.3 Å². The average molecular weight is 294 g/mol. The molecule has 0 amide bonds. The second-order valence-corrected chi connectivity index (χ2v) is 5.21. The summed E-state index contributed by atoms with van der Waals surface area (Å²) < 4.78 is 5.79. The van der Waals surface area contributed by atoms with Crippen molar-refractivity contribution in [2.75, 3.05) is 0 Å². The Balaban J connectivity index is 2.22. The van der Waals surface area contributed by atoms with Gasteiger partial charge in [0.1, 0.15) is 17.9 Å². The molecule has 2 rings (SSSR count). The number of hydrogen-bond donors (Lipinski definition) is 1. The van der Waals surface area contributed by atoms with Gasteiger partial charge in [0, 0.05) is 6.07 Å². The Kier molecular flexibility index (Phi) is 4.72. The molecule has 0 spiro atoms. The molecule has 1 aromatic rings. The van der Waals surface area contributed by atoms with Crippen molar-refractivity contribution in [3.8, 4) is 5.88 Å². The highest BCUT2D eigenvalue weighted by molar-refractivity contribution is 5.92. The topological polar surface area (TPSA) is 103 Å². The second kappa shape index (κ2) is 6.51. The summed E-state index contributed by atoms with van der Waals surface area (Å²) in [7, 11) is 0. The predicted molar refractivity (Wildman–Crippen MR) is 74.5 cm³/mol. The van der Waals surface area contributed by atoms with Gasteiger partial charge in [-0.3, -0.25) is 10.1 Å². The number of carboxylic acids is 1. The summed E-state index contributed by atoms with van der Waals surface area (Å²) in [4.78, 5) is 25.0. The van der Waals surface area contributed by atoms with Crippen molar-refractivity contribution in [3.05, 3.63) is 27.9 Å². The van der Waals surface area contributed by atoms with Crippen LogP contribution in [0.2, 0.25) is 0 Å². The summed E-state index contributed by atoms with van der Waals surface area (Å²) in [5.41, 5.74) is -0.917. The third-order valence-corrected chi connectivity index (χ3v) is 3.92. The van der Waals surface area contributed by atoms with Crippen LogP contribution in [0.4, 0.5) is 5.69 Å². The van der Waals surface area contributed by atoms with E-state index in [-0.39, 0.29) is 12.0 Å². The summed E-state index contributed by atoms with van der Waals surface area (Å²) in [6.07, 6.45) is 6.16. The molecule has 0 saturated heterocycles. The number of nitrogens with zero attached hydrogens (tertiary/aromatic N) is 2. The maximum Gasteiger partial charge on any atom is 0.342 e. The first-order valence-corrected chi connectivity index (χ1v) is 7.07. The highest BCUT2D eigenvalue weighted by Crippen LogP contribution is 2.31. The minimum Gasteiger partial charge on any atom is -0.477 e. The molecule has 114 valence electrons. The number of aromatic carboxylic acids is 1. The van der Waals surface area contributed by atoms with Crippen LogP contribution in [0.25, 0.3) is 0 Å². The zero-order valence-electron chi connectivity index (χ0n) is 11.8. The van der Waals surface area contributed by atoms with Gasteiger partial charge in [-0.15, -0.1) is 0 Å². The van der Waals surface area contributed by atoms with Crippen LogP contribution in [-0.4, -0.2) is 27.1 Å². The molecule has 1 N–H and O–H groups in total. The van der Waals surface area contributed by atoms with E-state index < -0.39 is 22.1 Å². The Morgan fingerprint density at radius 1 is 1.52 bits per heavy atom. The Hall–Kier alpha value is -2.18. The Morgan fingerprint density at radius 2 is 2.24 bits per heavy atom. The summed E-state index contributed by atoms with van der Waals surface area (Å²) in [5.74, 6) is -0.794. The lowest BCUT2D eigenvalue weighted by atomic mass is 9.85. The summed E-state index contributed by atoms with van der Waals surface area (Å²) in [5, 5.41) is 19.8. The molecule has 1 fully saturated rings. The number of hydrogen-bond acceptors (Lipinski definition) is 5. The lowest BCUT2D eigenvalue weighted by molar-refractivity contribution is -0.385. The molecule has 2 unspecified atom stereocenters. The van der Waals surface area contributed by atoms with Gasteiger partial charge in [0.2, 0.25) is 5.88 Å². The molecular weight excluding hydrogens is 276 g/mol. The average Bonchev–Trinajstić information content (AvgIpc) is 2.47. The predicted octanol–water partition coefficient (Wildman–Crippen LogP) is 3.04. The van der Waals surface area contributed by atoms with Gasteiger partial charge >= 0.3 is 11.7 Å². The van der Waals surface area contributed by atoms with Crippen LogP contribution in [0.3, 0.4) is 0 Å². The third-order valence-electron chi connectivity index (χ3n) is 3.92. The van der Waals surface area contributed by atoms with Crippen molar-refractivity contribution < 1.29 is 19.6 Å². The Bertz CT molecular complexity index is 546. The van der Waals surface area contributed by atoms with E-state index in [0.717, 1.165) is 37.9 Å². The van der Waals surface area contributed by atoms with E-state index >= 15 is 0 Å². The number of ether oxygens (including phenoxy) is 1. The van der Waals surface area contributed by atoms with E-state index in [0.29, 0.717) is 5.92 Å². The van der Waals surface area contributed by atoms with Crippen molar-refractivity contribution >= 4 is 11.7 Å². The minimum absolute atomic E-state index is 0.000601. The van der Waals surface area contributed by atoms with Gasteiger partial charge in [-0.1, -0.05) is 13.3 Å². The zero-order chi connectivity index (χ0) is 15.4. The second-order valence-electron chi connectivity index (χ2n) is 5.21. The van der Waals surface area contributed by atoms with Crippen LogP contribution >= 0.6 is 0 Å². The molecule has 7 heteroatoms. The van der Waals surface area contributed by atoms with E-state index in [1.807, 2.05) is 0 Å². The van der Waals surface area contributed by atoms with Gasteiger partial charge < -0.3 is 9.84 Å². The molecule has 0 aromatic carbocycles. The Morgan fingerprint density at radius 3 is 2.86 bits per heavy atom. The number of rotatable bonds is 5. The largest absolute Gasteiger partial charge is 0.477 e. The third kappa shape index (κ3) is 3.48. The highest BCUT2D eigenvalue weighted by Gasteiger charge is 2.27. The zero-order valence-corrected chi connectivity index (χ0v) is 11.8. The molecule has 7 nitrogen and oxygen atoms in total. The molecule has 0 aliphatic heterocycles. The lowest BCUT2D eigenvalue weighted by Crippen LogP contribution is -2.30. The van der Waals surface area contributed by atoms with E-state index in [2.05, 4.69) is 11.9 Å². The highest BCUT2D eigenvalue weighted by atomic mass is 16.6. The maximum atomic E-state index is 11.1. The van der Waals surface area contributed by atoms with Crippen molar-refractivity contribution in [1.29, 1.82) is 0 Å². The fourth-order valence-electron chi connectivity index (χ4n) is 2.76. The molecule has 1 aliphatic rings. The molecule has 0 bridgehead atoms. The van der Waals surface area contributed by atoms with Gasteiger partial charge in [-0.25, -0.2) is 9.78 Å². The van der Waals surface area contributed by atoms with Gasteiger partial charge in [0.15, 0.2) is 0 Å². The quantitative estimate of drug-likeness (QED) is 0.661. The van der Waals surface area contributed by atoms with Gasteiger partial charge in [-0.05, 0) is 31.6 Å². The van der Waals surface area contributed by atoms with Crippen LogP contribution in [0.5, 0.6) is 5.88 Å². The number of carboxylic acid groups (broad SMARTS) is 1. The SMILES string of the molecule is CCC1CCCCC1Oc1cc(C(=O)O)c([N+](=O)[O-])cn1. The number of nitro groups is 1. The van der Waals surface area contributed by atoms with Crippen molar-refractivity contribution in [2.45, 2.75) is 45.1 Å². The van der Waals surface area contributed by atoms with E-state index in [4.69, 9.17) is 9.84 Å². The lowest BCUT2D eigenvalue weighted by Gasteiger charge is -2.30. The van der Waals surface area contributed by atoms with E-state index in [1.54, 1.807) is 0 Å². The molecule has 1 aromatic heterocycles.